The highest BCUT2D eigenvalue weighted by Gasteiger charge is 2.26. The van der Waals surface area contributed by atoms with Crippen molar-refractivity contribution in [1.29, 1.82) is 0 Å². The van der Waals surface area contributed by atoms with E-state index in [-0.39, 0.29) is 0 Å². The highest BCUT2D eigenvalue weighted by molar-refractivity contribution is 5.29. The normalized spacial score (nSPS) is 17.2. The molecule has 0 radical (unpaired) electrons. The summed E-state index contributed by atoms with van der Waals surface area (Å²) in [4.78, 5) is 2.51. The van der Waals surface area contributed by atoms with Crippen LogP contribution in [0, 0.1) is 6.92 Å². The third kappa shape index (κ3) is 4.75. The van der Waals surface area contributed by atoms with Crippen molar-refractivity contribution in [3.63, 3.8) is 0 Å². The molecule has 1 atom stereocenters. The van der Waals surface area contributed by atoms with Crippen molar-refractivity contribution in [3.05, 3.63) is 64.7 Å². The van der Waals surface area contributed by atoms with Crippen LogP contribution in [-0.2, 0) is 20.0 Å². The third-order valence-corrected chi connectivity index (χ3v) is 6.26. The minimum absolute atomic E-state index is 0.497. The Labute approximate surface area is 179 Å². The van der Waals surface area contributed by atoms with Gasteiger partial charge in [0.25, 0.3) is 0 Å². The van der Waals surface area contributed by atoms with Gasteiger partial charge in [-0.15, -0.1) is 0 Å². The van der Waals surface area contributed by atoms with Gasteiger partial charge in [-0.1, -0.05) is 26.0 Å². The molecule has 0 saturated carbocycles. The fourth-order valence-electron chi connectivity index (χ4n) is 4.10. The zero-order valence-electron chi connectivity index (χ0n) is 18.6. The average molecular weight is 408 g/mol. The Morgan fingerprint density at radius 3 is 2.73 bits per heavy atom. The molecule has 0 spiro atoms. The maximum atomic E-state index is 5.91. The number of hydrogen-bond donors (Lipinski definition) is 1. The lowest BCUT2D eigenvalue weighted by Crippen LogP contribution is -2.20. The van der Waals surface area contributed by atoms with E-state index in [0.29, 0.717) is 18.4 Å². The van der Waals surface area contributed by atoms with Gasteiger partial charge in [-0.25, -0.2) is 0 Å². The van der Waals surface area contributed by atoms with Gasteiger partial charge in [0.05, 0.1) is 18.5 Å². The second-order valence-electron chi connectivity index (χ2n) is 8.74. The first kappa shape index (κ1) is 20.7. The first-order chi connectivity index (χ1) is 14.5. The summed E-state index contributed by atoms with van der Waals surface area (Å²) in [6.45, 7) is 10.3. The molecule has 1 aliphatic rings. The number of rotatable bonds is 8. The van der Waals surface area contributed by atoms with Gasteiger partial charge >= 0.3 is 0 Å². The fourth-order valence-corrected chi connectivity index (χ4v) is 4.10. The summed E-state index contributed by atoms with van der Waals surface area (Å²) < 4.78 is 7.86. The molecule has 6 nitrogen and oxygen atoms in total. The standard InChI is InChI=1S/C24H33N5O/c1-17(2)19-5-7-23(8-6-19)30-12-10-22-13-24(27-26-22)20-9-11-29(15-20)16-21-14-25-28(4)18(21)3/h5-8,13-14,17,20H,9-12,15-16H2,1-4H3,(H,26,27). The molecule has 1 saturated heterocycles. The highest BCUT2D eigenvalue weighted by Crippen LogP contribution is 2.28. The van der Waals surface area contributed by atoms with E-state index in [2.05, 4.69) is 71.3 Å². The van der Waals surface area contributed by atoms with Crippen molar-refractivity contribution < 1.29 is 4.74 Å². The van der Waals surface area contributed by atoms with Crippen molar-refractivity contribution in [3.8, 4) is 5.75 Å². The number of nitrogens with zero attached hydrogens (tertiary/aromatic N) is 4. The van der Waals surface area contributed by atoms with Crippen LogP contribution in [-0.4, -0.2) is 44.6 Å². The summed E-state index contributed by atoms with van der Waals surface area (Å²) in [5, 5.41) is 12.2. The van der Waals surface area contributed by atoms with Gasteiger partial charge in [0, 0.05) is 49.4 Å². The monoisotopic (exact) mass is 407 g/mol. The molecule has 2 aromatic heterocycles. The summed E-state index contributed by atoms with van der Waals surface area (Å²) >= 11 is 0. The molecule has 3 heterocycles. The topological polar surface area (TPSA) is 59.0 Å². The Bertz CT molecular complexity index is 956. The van der Waals surface area contributed by atoms with Gasteiger partial charge in [0.15, 0.2) is 0 Å². The number of aromatic amines is 1. The first-order valence-electron chi connectivity index (χ1n) is 11.0. The number of aryl methyl sites for hydroxylation is 1. The minimum Gasteiger partial charge on any atom is -0.493 e. The smallest absolute Gasteiger partial charge is 0.119 e. The van der Waals surface area contributed by atoms with E-state index >= 15 is 0 Å². The molecular formula is C24H33N5O. The molecule has 160 valence electrons. The quantitative estimate of drug-likeness (QED) is 0.608. The van der Waals surface area contributed by atoms with Gasteiger partial charge in [0.2, 0.25) is 0 Å². The molecule has 0 bridgehead atoms. The van der Waals surface area contributed by atoms with Crippen LogP contribution in [0.4, 0.5) is 0 Å². The molecule has 30 heavy (non-hydrogen) atoms. The molecule has 4 rings (SSSR count). The fraction of sp³-hybridized carbons (Fsp3) is 0.500. The van der Waals surface area contributed by atoms with E-state index in [9.17, 15) is 0 Å². The predicted octanol–water partition coefficient (Wildman–Crippen LogP) is 4.19. The van der Waals surface area contributed by atoms with E-state index < -0.39 is 0 Å². The van der Waals surface area contributed by atoms with Crippen molar-refractivity contribution in [2.45, 2.75) is 52.0 Å². The Balaban J connectivity index is 1.25. The molecular weight excluding hydrogens is 374 g/mol. The number of aromatic nitrogens is 4. The molecule has 1 N–H and O–H groups in total. The summed E-state index contributed by atoms with van der Waals surface area (Å²) in [6.07, 6.45) is 3.98. The van der Waals surface area contributed by atoms with Crippen LogP contribution in [0.3, 0.4) is 0 Å². The van der Waals surface area contributed by atoms with Crippen LogP contribution in [0.5, 0.6) is 5.75 Å². The molecule has 6 heteroatoms. The Kier molecular flexibility index (Phi) is 6.23. The number of nitrogens with one attached hydrogen (secondary N) is 1. The lowest BCUT2D eigenvalue weighted by Gasteiger charge is -2.15. The molecule has 3 aromatic rings. The van der Waals surface area contributed by atoms with Crippen LogP contribution in [0.1, 0.15) is 60.3 Å². The minimum atomic E-state index is 0.497. The van der Waals surface area contributed by atoms with Crippen molar-refractivity contribution in [2.24, 2.45) is 7.05 Å². The molecule has 1 fully saturated rings. The van der Waals surface area contributed by atoms with Gasteiger partial charge in [-0.05, 0) is 49.6 Å². The number of benzene rings is 1. The lowest BCUT2D eigenvalue weighted by molar-refractivity contribution is 0.320. The third-order valence-electron chi connectivity index (χ3n) is 6.26. The van der Waals surface area contributed by atoms with E-state index in [1.165, 1.54) is 22.5 Å². The zero-order chi connectivity index (χ0) is 21.1. The molecule has 1 unspecified atom stereocenters. The van der Waals surface area contributed by atoms with Crippen LogP contribution < -0.4 is 4.74 Å². The van der Waals surface area contributed by atoms with Crippen LogP contribution in [0.25, 0.3) is 0 Å². The maximum absolute atomic E-state index is 5.91. The van der Waals surface area contributed by atoms with Gasteiger partial charge in [0.1, 0.15) is 5.75 Å². The second-order valence-corrected chi connectivity index (χ2v) is 8.74. The Morgan fingerprint density at radius 1 is 1.23 bits per heavy atom. The summed E-state index contributed by atoms with van der Waals surface area (Å²) in [5.74, 6) is 1.97. The number of ether oxygens (including phenoxy) is 1. The number of hydrogen-bond acceptors (Lipinski definition) is 4. The van der Waals surface area contributed by atoms with E-state index in [4.69, 9.17) is 4.74 Å². The second kappa shape index (κ2) is 9.04. The first-order valence-corrected chi connectivity index (χ1v) is 11.0. The van der Waals surface area contributed by atoms with Crippen molar-refractivity contribution >= 4 is 0 Å². The number of likely N-dealkylation sites (tertiary alicyclic amines) is 1. The van der Waals surface area contributed by atoms with E-state index in [1.54, 1.807) is 0 Å². The Morgan fingerprint density at radius 2 is 2.03 bits per heavy atom. The van der Waals surface area contributed by atoms with Crippen LogP contribution >= 0.6 is 0 Å². The SMILES string of the molecule is Cc1c(CN2CCC(c3cc(CCOc4ccc(C(C)C)cc4)[nH]n3)C2)cnn1C. The van der Waals surface area contributed by atoms with Crippen molar-refractivity contribution in [2.75, 3.05) is 19.7 Å². The average Bonchev–Trinajstić information content (AvgIpc) is 3.46. The van der Waals surface area contributed by atoms with Crippen molar-refractivity contribution in [1.82, 2.24) is 24.9 Å². The molecule has 1 aromatic carbocycles. The highest BCUT2D eigenvalue weighted by atomic mass is 16.5. The van der Waals surface area contributed by atoms with Gasteiger partial charge < -0.3 is 4.74 Å². The predicted molar refractivity (Wildman–Crippen MR) is 119 cm³/mol. The summed E-state index contributed by atoms with van der Waals surface area (Å²) in [5.41, 5.74) is 6.23. The Hall–Kier alpha value is -2.60. The lowest BCUT2D eigenvalue weighted by atomic mass is 10.0. The maximum Gasteiger partial charge on any atom is 0.119 e. The van der Waals surface area contributed by atoms with Crippen LogP contribution in [0.15, 0.2) is 36.5 Å². The molecule has 1 aliphatic heterocycles. The summed E-state index contributed by atoms with van der Waals surface area (Å²) in [6, 6.07) is 10.6. The van der Waals surface area contributed by atoms with Gasteiger partial charge in [-0.2, -0.15) is 10.2 Å². The summed E-state index contributed by atoms with van der Waals surface area (Å²) in [7, 11) is 2.00. The van der Waals surface area contributed by atoms with Gasteiger partial charge in [-0.3, -0.25) is 14.7 Å². The zero-order valence-corrected chi connectivity index (χ0v) is 18.6. The largest absolute Gasteiger partial charge is 0.493 e. The van der Waals surface area contributed by atoms with E-state index in [0.717, 1.165) is 43.9 Å². The molecule has 0 aliphatic carbocycles. The number of H-pyrrole nitrogens is 1. The molecule has 0 amide bonds. The van der Waals surface area contributed by atoms with E-state index in [1.807, 2.05) is 17.9 Å². The van der Waals surface area contributed by atoms with Crippen LogP contribution in [0.2, 0.25) is 0 Å².